The number of hydrogen-bond donors (Lipinski definition) is 2. The maximum Gasteiger partial charge on any atom is 0.239 e. The molecule has 1 aliphatic rings. The van der Waals surface area contributed by atoms with Crippen molar-refractivity contribution in [2.75, 3.05) is 19.6 Å². The Bertz CT molecular complexity index is 271. The maximum atomic E-state index is 11.5. The summed E-state index contributed by atoms with van der Waals surface area (Å²) in [5.74, 6) is -0.0535. The Kier molecular flexibility index (Phi) is 4.29. The molecule has 0 bridgehead atoms. The minimum absolute atomic E-state index is 0.0772. The molecule has 1 fully saturated rings. The van der Waals surface area contributed by atoms with Crippen LogP contribution in [-0.4, -0.2) is 41.9 Å². The van der Waals surface area contributed by atoms with E-state index in [1.807, 2.05) is 13.8 Å². The molecular weight excluding hydrogens is 206 g/mol. The van der Waals surface area contributed by atoms with E-state index in [4.69, 9.17) is 5.73 Å². The Morgan fingerprint density at radius 3 is 2.75 bits per heavy atom. The summed E-state index contributed by atoms with van der Waals surface area (Å²) in [7, 11) is 0. The van der Waals surface area contributed by atoms with E-state index >= 15 is 0 Å². The highest BCUT2D eigenvalue weighted by molar-refractivity contribution is 5.85. The normalized spacial score (nSPS) is 17.4. The van der Waals surface area contributed by atoms with Crippen molar-refractivity contribution < 1.29 is 9.59 Å². The van der Waals surface area contributed by atoms with E-state index in [9.17, 15) is 9.59 Å². The highest BCUT2D eigenvalue weighted by atomic mass is 16.2. The van der Waals surface area contributed by atoms with Gasteiger partial charge < -0.3 is 16.0 Å². The molecule has 0 spiro atoms. The fourth-order valence-corrected chi connectivity index (χ4v) is 1.58. The van der Waals surface area contributed by atoms with Crippen LogP contribution >= 0.6 is 0 Å². The van der Waals surface area contributed by atoms with Gasteiger partial charge in [0.1, 0.15) is 0 Å². The summed E-state index contributed by atoms with van der Waals surface area (Å²) in [4.78, 5) is 24.6. The highest BCUT2D eigenvalue weighted by Gasteiger charge is 2.21. The van der Waals surface area contributed by atoms with E-state index in [2.05, 4.69) is 5.32 Å². The number of nitrogens with two attached hydrogens (primary N) is 1. The summed E-state index contributed by atoms with van der Waals surface area (Å²) in [6.07, 6.45) is 2.49. The summed E-state index contributed by atoms with van der Waals surface area (Å²) in [6, 6.07) is 0. The van der Waals surface area contributed by atoms with E-state index in [1.54, 1.807) is 4.90 Å². The summed E-state index contributed by atoms with van der Waals surface area (Å²) in [6.45, 7) is 4.97. The minimum atomic E-state index is -0.415. The zero-order valence-corrected chi connectivity index (χ0v) is 10.1. The molecule has 5 heteroatoms. The molecule has 0 aromatic heterocycles. The van der Waals surface area contributed by atoms with Crippen LogP contribution in [0.15, 0.2) is 0 Å². The molecule has 2 amide bonds. The van der Waals surface area contributed by atoms with E-state index in [0.29, 0.717) is 19.5 Å². The zero-order valence-electron chi connectivity index (χ0n) is 10.1. The number of carbonyl (C=O) groups excluding carboxylic acids is 2. The molecule has 0 aromatic carbocycles. The number of rotatable bonds is 4. The fraction of sp³-hybridized carbons (Fsp3) is 0.818. The lowest BCUT2D eigenvalue weighted by molar-refractivity contribution is -0.137. The first-order chi connectivity index (χ1) is 7.38. The van der Waals surface area contributed by atoms with Crippen molar-refractivity contribution >= 4 is 11.8 Å². The van der Waals surface area contributed by atoms with Crippen molar-refractivity contribution in [3.05, 3.63) is 0 Å². The fourth-order valence-electron chi connectivity index (χ4n) is 1.58. The third kappa shape index (κ3) is 4.61. The number of carbonyl (C=O) groups is 2. The highest BCUT2D eigenvalue weighted by Crippen LogP contribution is 2.09. The van der Waals surface area contributed by atoms with E-state index < -0.39 is 5.54 Å². The molecule has 0 aliphatic carbocycles. The lowest BCUT2D eigenvalue weighted by Gasteiger charge is -2.27. The SMILES string of the molecule is CC(C)(N)CNC(=O)CN1CCCCC1=O. The topological polar surface area (TPSA) is 75.4 Å². The second kappa shape index (κ2) is 5.30. The van der Waals surface area contributed by atoms with Crippen LogP contribution in [0.5, 0.6) is 0 Å². The van der Waals surface area contributed by atoms with Crippen LogP contribution < -0.4 is 11.1 Å². The molecule has 1 saturated heterocycles. The van der Waals surface area contributed by atoms with Crippen LogP contribution in [-0.2, 0) is 9.59 Å². The molecule has 5 nitrogen and oxygen atoms in total. The molecule has 3 N–H and O–H groups in total. The number of nitrogens with one attached hydrogen (secondary N) is 1. The van der Waals surface area contributed by atoms with Gasteiger partial charge in [0.25, 0.3) is 0 Å². The minimum Gasteiger partial charge on any atom is -0.353 e. The van der Waals surface area contributed by atoms with Crippen molar-refractivity contribution in [1.29, 1.82) is 0 Å². The molecule has 0 aromatic rings. The van der Waals surface area contributed by atoms with Crippen molar-refractivity contribution in [2.24, 2.45) is 5.73 Å². The number of hydrogen-bond acceptors (Lipinski definition) is 3. The molecule has 0 radical (unpaired) electrons. The average Bonchev–Trinajstić information content (AvgIpc) is 2.18. The second-order valence-electron chi connectivity index (χ2n) is 5.04. The smallest absolute Gasteiger partial charge is 0.239 e. The second-order valence-corrected chi connectivity index (χ2v) is 5.04. The van der Waals surface area contributed by atoms with E-state index in [-0.39, 0.29) is 18.4 Å². The summed E-state index contributed by atoms with van der Waals surface area (Å²) in [5, 5.41) is 2.73. The Balaban J connectivity index is 2.30. The molecule has 0 saturated carbocycles. The van der Waals surface area contributed by atoms with Gasteiger partial charge >= 0.3 is 0 Å². The van der Waals surface area contributed by atoms with Crippen molar-refractivity contribution in [3.63, 3.8) is 0 Å². The Morgan fingerprint density at radius 1 is 1.50 bits per heavy atom. The van der Waals surface area contributed by atoms with Gasteiger partial charge in [0.05, 0.1) is 6.54 Å². The molecule has 0 unspecified atom stereocenters. The maximum absolute atomic E-state index is 11.5. The quantitative estimate of drug-likeness (QED) is 0.701. The van der Waals surface area contributed by atoms with Crippen LogP contribution in [0.2, 0.25) is 0 Å². The Labute approximate surface area is 96.4 Å². The van der Waals surface area contributed by atoms with Gasteiger partial charge in [-0.05, 0) is 26.7 Å². The van der Waals surface area contributed by atoms with Crippen LogP contribution in [0.25, 0.3) is 0 Å². The van der Waals surface area contributed by atoms with Crippen LogP contribution in [0.3, 0.4) is 0 Å². The number of amides is 2. The standard InChI is InChI=1S/C11H21N3O2/c1-11(2,12)8-13-9(15)7-14-6-4-3-5-10(14)16/h3-8,12H2,1-2H3,(H,13,15). The number of likely N-dealkylation sites (tertiary alicyclic amines) is 1. The average molecular weight is 227 g/mol. The van der Waals surface area contributed by atoms with E-state index in [1.165, 1.54) is 0 Å². The first-order valence-electron chi connectivity index (χ1n) is 5.72. The van der Waals surface area contributed by atoms with Gasteiger partial charge in [-0.1, -0.05) is 0 Å². The molecule has 1 heterocycles. The summed E-state index contributed by atoms with van der Waals surface area (Å²) >= 11 is 0. The first kappa shape index (κ1) is 13.0. The largest absolute Gasteiger partial charge is 0.353 e. The van der Waals surface area contributed by atoms with Gasteiger partial charge in [-0.15, -0.1) is 0 Å². The summed E-state index contributed by atoms with van der Waals surface area (Å²) in [5.41, 5.74) is 5.33. The van der Waals surface area contributed by atoms with E-state index in [0.717, 1.165) is 12.8 Å². The predicted octanol–water partition coefficient (Wildman–Crippen LogP) is -0.148. The van der Waals surface area contributed by atoms with Crippen molar-refractivity contribution in [1.82, 2.24) is 10.2 Å². The molecule has 1 rings (SSSR count). The molecule has 92 valence electrons. The van der Waals surface area contributed by atoms with Crippen molar-refractivity contribution in [2.45, 2.75) is 38.6 Å². The van der Waals surface area contributed by atoms with Crippen molar-refractivity contribution in [3.8, 4) is 0 Å². The van der Waals surface area contributed by atoms with Gasteiger partial charge in [-0.3, -0.25) is 9.59 Å². The lowest BCUT2D eigenvalue weighted by Crippen LogP contribution is -2.49. The molecule has 0 atom stereocenters. The number of piperidine rings is 1. The summed E-state index contributed by atoms with van der Waals surface area (Å²) < 4.78 is 0. The lowest BCUT2D eigenvalue weighted by atomic mass is 10.1. The molecule has 1 aliphatic heterocycles. The van der Waals surface area contributed by atoms with Crippen LogP contribution in [0.4, 0.5) is 0 Å². The van der Waals surface area contributed by atoms with Gasteiger partial charge in [-0.25, -0.2) is 0 Å². The number of nitrogens with zero attached hydrogens (tertiary/aromatic N) is 1. The monoisotopic (exact) mass is 227 g/mol. The van der Waals surface area contributed by atoms with Crippen LogP contribution in [0.1, 0.15) is 33.1 Å². The van der Waals surface area contributed by atoms with Gasteiger partial charge in [0, 0.05) is 25.0 Å². The predicted molar refractivity (Wildman–Crippen MR) is 61.7 cm³/mol. The molecule has 16 heavy (non-hydrogen) atoms. The zero-order chi connectivity index (χ0) is 12.2. The molecular formula is C11H21N3O2. The Hall–Kier alpha value is -1.10. The third-order valence-corrected chi connectivity index (χ3v) is 2.50. The Morgan fingerprint density at radius 2 is 2.19 bits per heavy atom. The van der Waals surface area contributed by atoms with Gasteiger partial charge in [0.15, 0.2) is 0 Å². The van der Waals surface area contributed by atoms with Gasteiger partial charge in [-0.2, -0.15) is 0 Å². The third-order valence-electron chi connectivity index (χ3n) is 2.50. The first-order valence-corrected chi connectivity index (χ1v) is 5.72. The van der Waals surface area contributed by atoms with Gasteiger partial charge in [0.2, 0.25) is 11.8 Å². The van der Waals surface area contributed by atoms with Crippen LogP contribution in [0, 0.1) is 0 Å².